The predicted molar refractivity (Wildman–Crippen MR) is 170 cm³/mol. The first-order valence-electron chi connectivity index (χ1n) is 16.2. The topological polar surface area (TPSA) is 83.5 Å². The Hall–Kier alpha value is -1.66. The Labute approximate surface area is 246 Å². The third kappa shape index (κ3) is 14.8. The van der Waals surface area contributed by atoms with Gasteiger partial charge in [0.2, 0.25) is 5.91 Å². The maximum absolute atomic E-state index is 12.6. The molecule has 0 aliphatic carbocycles. The van der Waals surface area contributed by atoms with Crippen molar-refractivity contribution in [3.05, 3.63) is 40.5 Å². The zero-order valence-corrected chi connectivity index (χ0v) is 27.1. The molecule has 1 amide bonds. The van der Waals surface area contributed by atoms with Gasteiger partial charge in [-0.1, -0.05) is 103 Å². The van der Waals surface area contributed by atoms with E-state index in [0.29, 0.717) is 18.4 Å². The van der Waals surface area contributed by atoms with Crippen molar-refractivity contribution in [1.29, 1.82) is 0 Å². The molecule has 0 bridgehead atoms. The van der Waals surface area contributed by atoms with Gasteiger partial charge in [-0.05, 0) is 87.6 Å². The summed E-state index contributed by atoms with van der Waals surface area (Å²) >= 11 is 0. The minimum atomic E-state index is -4.32. The number of hydrogen-bond acceptors (Lipinski definition) is 3. The van der Waals surface area contributed by atoms with Gasteiger partial charge in [-0.15, -0.1) is 0 Å². The molecule has 5 nitrogen and oxygen atoms in total. The van der Waals surface area contributed by atoms with E-state index in [1.54, 1.807) is 6.92 Å². The number of rotatable bonds is 23. The summed E-state index contributed by atoms with van der Waals surface area (Å²) < 4.78 is 33.4. The molecule has 0 saturated heterocycles. The first-order valence-corrected chi connectivity index (χ1v) is 17.6. The Morgan fingerprint density at radius 3 is 1.70 bits per heavy atom. The third-order valence-corrected chi connectivity index (χ3v) is 9.26. The van der Waals surface area contributed by atoms with E-state index in [1.807, 2.05) is 20.8 Å². The zero-order valence-electron chi connectivity index (χ0n) is 26.3. The molecule has 6 heteroatoms. The summed E-state index contributed by atoms with van der Waals surface area (Å²) in [5.41, 5.74) is 3.09. The van der Waals surface area contributed by atoms with Gasteiger partial charge < -0.3 is 5.32 Å². The van der Waals surface area contributed by atoms with Gasteiger partial charge in [-0.2, -0.15) is 8.42 Å². The number of allylic oxidation sites excluding steroid dienone is 2. The summed E-state index contributed by atoms with van der Waals surface area (Å²) in [6.07, 6.45) is 27.5. The number of hydrogen-bond donors (Lipinski definition) is 2. The van der Waals surface area contributed by atoms with Gasteiger partial charge in [0, 0.05) is 6.42 Å². The highest BCUT2D eigenvalue weighted by molar-refractivity contribution is 7.85. The molecule has 1 unspecified atom stereocenters. The predicted octanol–water partition coefficient (Wildman–Crippen LogP) is 10.0. The average molecular weight is 578 g/mol. The smallest absolute Gasteiger partial charge is 0.294 e. The van der Waals surface area contributed by atoms with E-state index in [-0.39, 0.29) is 16.8 Å². The fourth-order valence-corrected chi connectivity index (χ4v) is 6.22. The first kappa shape index (κ1) is 36.4. The molecule has 0 spiro atoms. The lowest BCUT2D eigenvalue weighted by Crippen LogP contribution is -2.29. The van der Waals surface area contributed by atoms with Crippen molar-refractivity contribution in [1.82, 2.24) is 5.32 Å². The van der Waals surface area contributed by atoms with Crippen LogP contribution in [0, 0.1) is 20.8 Å². The number of benzene rings is 1. The second-order valence-corrected chi connectivity index (χ2v) is 13.0. The van der Waals surface area contributed by atoms with Gasteiger partial charge in [0.25, 0.3) is 10.1 Å². The van der Waals surface area contributed by atoms with Crippen LogP contribution in [0.3, 0.4) is 0 Å². The van der Waals surface area contributed by atoms with E-state index >= 15 is 0 Å². The summed E-state index contributed by atoms with van der Waals surface area (Å²) in [5, 5.41) is 3.09. The summed E-state index contributed by atoms with van der Waals surface area (Å²) in [5.74, 6) is -0.00101. The highest BCUT2D eigenvalue weighted by Gasteiger charge is 2.22. The highest BCUT2D eigenvalue weighted by Crippen LogP contribution is 2.30. The SMILES string of the molecule is CCCCCCCC/C=C\CCCCCCCCCCCC(=O)NC(CC)c1cc(S(=O)(=O)O)c(C)c(C)c1C. The molecule has 1 aromatic rings. The Morgan fingerprint density at radius 1 is 0.750 bits per heavy atom. The summed E-state index contributed by atoms with van der Waals surface area (Å²) in [4.78, 5) is 12.6. The van der Waals surface area contributed by atoms with Crippen molar-refractivity contribution in [2.24, 2.45) is 0 Å². The van der Waals surface area contributed by atoms with E-state index in [1.165, 1.54) is 102 Å². The van der Waals surface area contributed by atoms with Gasteiger partial charge in [0.1, 0.15) is 0 Å². The average Bonchev–Trinajstić information content (AvgIpc) is 2.91. The molecule has 1 aromatic carbocycles. The monoisotopic (exact) mass is 577 g/mol. The van der Waals surface area contributed by atoms with Gasteiger partial charge in [0.15, 0.2) is 0 Å². The van der Waals surface area contributed by atoms with E-state index in [2.05, 4.69) is 24.4 Å². The van der Waals surface area contributed by atoms with Crippen LogP contribution in [0.5, 0.6) is 0 Å². The number of carbonyl (C=O) groups is 1. The summed E-state index contributed by atoms with van der Waals surface area (Å²) in [7, 11) is -4.32. The van der Waals surface area contributed by atoms with Crippen molar-refractivity contribution in [3.8, 4) is 0 Å². The zero-order chi connectivity index (χ0) is 29.8. The molecular formula is C34H59NO4S. The maximum Gasteiger partial charge on any atom is 0.294 e. The molecular weight excluding hydrogens is 518 g/mol. The molecule has 0 aliphatic heterocycles. The summed E-state index contributed by atoms with van der Waals surface area (Å²) in [6, 6.07) is 1.25. The molecule has 1 rings (SSSR count). The van der Waals surface area contributed by atoms with Crippen LogP contribution in [0.15, 0.2) is 23.1 Å². The second kappa shape index (κ2) is 21.1. The minimum absolute atomic E-state index is 0.00101. The van der Waals surface area contributed by atoms with E-state index in [9.17, 15) is 17.8 Å². The standard InChI is InChI=1S/C34H59NO4S/c1-6-8-9-10-11-12-13-14-15-16-17-18-19-20-21-22-23-24-25-26-34(36)35-32(7-2)31-27-33(40(37,38)39)30(5)28(3)29(31)4/h14-15,27,32H,6-13,16-26H2,1-5H3,(H,35,36)(H,37,38,39)/b15-14-. The Kier molecular flexibility index (Phi) is 19.2. The molecule has 0 heterocycles. The van der Waals surface area contributed by atoms with Crippen molar-refractivity contribution in [2.45, 2.75) is 168 Å². The Morgan fingerprint density at radius 2 is 1.23 bits per heavy atom. The van der Waals surface area contributed by atoms with Crippen molar-refractivity contribution in [3.63, 3.8) is 0 Å². The van der Waals surface area contributed by atoms with Crippen LogP contribution < -0.4 is 5.32 Å². The molecule has 0 aromatic heterocycles. The van der Waals surface area contributed by atoms with Crippen LogP contribution >= 0.6 is 0 Å². The quantitative estimate of drug-likeness (QED) is 0.0770. The van der Waals surface area contributed by atoms with Gasteiger partial charge in [-0.3, -0.25) is 9.35 Å². The normalized spacial score (nSPS) is 12.8. The van der Waals surface area contributed by atoms with E-state index in [4.69, 9.17) is 0 Å². The molecule has 230 valence electrons. The maximum atomic E-state index is 12.6. The van der Waals surface area contributed by atoms with Crippen molar-refractivity contribution >= 4 is 16.0 Å². The molecule has 0 aliphatic rings. The minimum Gasteiger partial charge on any atom is -0.349 e. The lowest BCUT2D eigenvalue weighted by molar-refractivity contribution is -0.122. The Bertz CT molecular complexity index is 984. The third-order valence-electron chi connectivity index (χ3n) is 8.28. The van der Waals surface area contributed by atoms with Crippen LogP contribution in [0.4, 0.5) is 0 Å². The largest absolute Gasteiger partial charge is 0.349 e. The van der Waals surface area contributed by atoms with Gasteiger partial charge >= 0.3 is 0 Å². The van der Waals surface area contributed by atoms with Gasteiger partial charge in [0.05, 0.1) is 10.9 Å². The fourth-order valence-electron chi connectivity index (χ4n) is 5.40. The Balaban J connectivity index is 2.16. The lowest BCUT2D eigenvalue weighted by Gasteiger charge is -2.23. The van der Waals surface area contributed by atoms with E-state index < -0.39 is 10.1 Å². The van der Waals surface area contributed by atoms with Crippen LogP contribution in [0.2, 0.25) is 0 Å². The molecule has 0 saturated carbocycles. The van der Waals surface area contributed by atoms with Crippen LogP contribution in [0.25, 0.3) is 0 Å². The molecule has 40 heavy (non-hydrogen) atoms. The van der Waals surface area contributed by atoms with Gasteiger partial charge in [-0.25, -0.2) is 0 Å². The van der Waals surface area contributed by atoms with Crippen molar-refractivity contribution in [2.75, 3.05) is 0 Å². The highest BCUT2D eigenvalue weighted by atomic mass is 32.2. The molecule has 1 atom stereocenters. The fraction of sp³-hybridized carbons (Fsp3) is 0.735. The number of nitrogens with one attached hydrogen (secondary N) is 1. The second-order valence-electron chi connectivity index (χ2n) is 11.6. The van der Waals surface area contributed by atoms with Crippen LogP contribution in [0.1, 0.15) is 164 Å². The molecule has 0 radical (unpaired) electrons. The van der Waals surface area contributed by atoms with E-state index in [0.717, 1.165) is 29.5 Å². The number of unbranched alkanes of at least 4 members (excludes halogenated alkanes) is 15. The lowest BCUT2D eigenvalue weighted by atomic mass is 9.93. The number of amides is 1. The molecule has 0 fully saturated rings. The summed E-state index contributed by atoms with van der Waals surface area (Å²) in [6.45, 7) is 9.73. The van der Waals surface area contributed by atoms with Crippen molar-refractivity contribution < 1.29 is 17.8 Å². The first-order chi connectivity index (χ1) is 19.1. The molecule has 2 N–H and O–H groups in total. The van der Waals surface area contributed by atoms with Crippen LogP contribution in [-0.2, 0) is 14.9 Å². The van der Waals surface area contributed by atoms with Crippen LogP contribution in [-0.4, -0.2) is 18.9 Å². The number of carbonyl (C=O) groups excluding carboxylic acids is 1.